The first kappa shape index (κ1) is 31.2. The summed E-state index contributed by atoms with van der Waals surface area (Å²) >= 11 is 7.13. The molecule has 10 heteroatoms. The smallest absolute Gasteiger partial charge is 0.416 e. The third kappa shape index (κ3) is 7.82. The third-order valence-corrected chi connectivity index (χ3v) is 9.29. The van der Waals surface area contributed by atoms with Crippen LogP contribution in [-0.2, 0) is 17.4 Å². The molecule has 2 N–H and O–H groups in total. The van der Waals surface area contributed by atoms with Crippen molar-refractivity contribution in [1.82, 2.24) is 9.88 Å². The average Bonchev–Trinajstić information content (AvgIpc) is 2.98. The van der Waals surface area contributed by atoms with Crippen LogP contribution in [0.4, 0.5) is 13.2 Å². The molecule has 0 spiro atoms. The van der Waals surface area contributed by atoms with E-state index in [0.717, 1.165) is 62.8 Å². The van der Waals surface area contributed by atoms with Gasteiger partial charge in [-0.05, 0) is 93.2 Å². The number of halogens is 4. The van der Waals surface area contributed by atoms with Gasteiger partial charge in [0.2, 0.25) is 0 Å². The molecule has 1 aliphatic rings. The number of fused-ring (bicyclic) bond motifs is 1. The molecule has 0 amide bonds. The summed E-state index contributed by atoms with van der Waals surface area (Å²) in [7, 11) is 0. The molecule has 0 unspecified atom stereocenters. The molecule has 4 aromatic rings. The maximum Gasteiger partial charge on any atom is 0.416 e. The van der Waals surface area contributed by atoms with E-state index in [9.17, 15) is 27.9 Å². The number of aromatic amines is 1. The number of carbonyl (C=O) groups is 1. The fraction of sp³-hybridized carbons (Fsp3) is 0.333. The molecule has 0 aliphatic carbocycles. The maximum atomic E-state index is 13.6. The molecule has 43 heavy (non-hydrogen) atoms. The first-order valence-corrected chi connectivity index (χ1v) is 15.6. The Bertz CT molecular complexity index is 1650. The van der Waals surface area contributed by atoms with Crippen LogP contribution < -0.4 is 5.56 Å². The SMILES string of the molecule is O=C(CCCN1CCC(Cc2ccccc2)CC1)CSc1c(-c2cc(Cl)ccc2O)c2cc(C(F)(F)F)ccc2[nH]c1=O. The summed E-state index contributed by atoms with van der Waals surface area (Å²) in [5, 5.41) is 11.0. The molecule has 1 saturated heterocycles. The number of nitrogens with one attached hydrogen (secondary N) is 1. The van der Waals surface area contributed by atoms with Crippen molar-refractivity contribution in [3.05, 3.63) is 93.2 Å². The summed E-state index contributed by atoms with van der Waals surface area (Å²) in [6.07, 6.45) is -0.257. The molecule has 0 atom stereocenters. The molecule has 0 saturated carbocycles. The number of aromatic nitrogens is 1. The summed E-state index contributed by atoms with van der Waals surface area (Å²) in [4.78, 5) is 31.1. The molecule has 0 radical (unpaired) electrons. The molecule has 1 aliphatic heterocycles. The van der Waals surface area contributed by atoms with Crippen LogP contribution in [0.2, 0.25) is 5.02 Å². The number of aromatic hydroxyl groups is 1. The number of hydrogen-bond donors (Lipinski definition) is 2. The number of alkyl halides is 3. The number of phenolic OH excluding ortho intramolecular Hbond substituents is 1. The monoisotopic (exact) mass is 628 g/mol. The lowest BCUT2D eigenvalue weighted by Crippen LogP contribution is -2.35. The fourth-order valence-electron chi connectivity index (χ4n) is 5.65. The number of H-pyrrole nitrogens is 1. The van der Waals surface area contributed by atoms with Crippen LogP contribution in [0, 0.1) is 5.92 Å². The summed E-state index contributed by atoms with van der Waals surface area (Å²) < 4.78 is 40.8. The minimum absolute atomic E-state index is 0.0268. The Morgan fingerprint density at radius 3 is 2.51 bits per heavy atom. The maximum absolute atomic E-state index is 13.6. The van der Waals surface area contributed by atoms with E-state index in [1.54, 1.807) is 0 Å². The van der Waals surface area contributed by atoms with Crippen molar-refractivity contribution in [1.29, 1.82) is 0 Å². The zero-order valence-electron chi connectivity index (χ0n) is 23.4. The largest absolute Gasteiger partial charge is 0.507 e. The topological polar surface area (TPSA) is 73.4 Å². The molecule has 0 bridgehead atoms. The lowest BCUT2D eigenvalue weighted by Gasteiger charge is -2.32. The van der Waals surface area contributed by atoms with E-state index in [2.05, 4.69) is 34.1 Å². The average molecular weight is 629 g/mol. The number of carbonyl (C=O) groups excluding carboxylic acids is 1. The number of thioether (sulfide) groups is 1. The van der Waals surface area contributed by atoms with Gasteiger partial charge in [-0.3, -0.25) is 9.59 Å². The minimum atomic E-state index is -4.61. The van der Waals surface area contributed by atoms with Crippen LogP contribution in [0.15, 0.2) is 76.4 Å². The summed E-state index contributed by atoms with van der Waals surface area (Å²) in [6, 6.07) is 17.7. The quantitative estimate of drug-likeness (QED) is 0.174. The van der Waals surface area contributed by atoms with Crippen molar-refractivity contribution in [3.63, 3.8) is 0 Å². The molecule has 3 aromatic carbocycles. The highest BCUT2D eigenvalue weighted by atomic mass is 35.5. The van der Waals surface area contributed by atoms with Crippen molar-refractivity contribution in [2.45, 2.75) is 43.2 Å². The van der Waals surface area contributed by atoms with Gasteiger partial charge in [-0.2, -0.15) is 13.2 Å². The lowest BCUT2D eigenvalue weighted by molar-refractivity contribution is -0.137. The number of ketones is 1. The van der Waals surface area contributed by atoms with Crippen LogP contribution in [0.25, 0.3) is 22.0 Å². The zero-order chi connectivity index (χ0) is 30.6. The summed E-state index contributed by atoms with van der Waals surface area (Å²) in [5.74, 6) is 0.335. The second kappa shape index (κ2) is 13.6. The predicted octanol–water partition coefficient (Wildman–Crippen LogP) is 7.97. The van der Waals surface area contributed by atoms with Crippen molar-refractivity contribution in [2.75, 3.05) is 25.4 Å². The Morgan fingerprint density at radius 1 is 1.05 bits per heavy atom. The van der Waals surface area contributed by atoms with E-state index >= 15 is 0 Å². The van der Waals surface area contributed by atoms with Crippen LogP contribution in [0.1, 0.15) is 36.8 Å². The molecule has 2 heterocycles. The Kier molecular flexibility index (Phi) is 9.84. The number of nitrogens with zero attached hydrogens (tertiary/aromatic N) is 1. The van der Waals surface area contributed by atoms with Gasteiger partial charge in [0.15, 0.2) is 0 Å². The number of benzene rings is 3. The van der Waals surface area contributed by atoms with Gasteiger partial charge in [0.25, 0.3) is 5.56 Å². The van der Waals surface area contributed by atoms with Gasteiger partial charge in [-0.1, -0.05) is 41.9 Å². The Labute approximate surface area is 257 Å². The van der Waals surface area contributed by atoms with E-state index < -0.39 is 17.3 Å². The number of likely N-dealkylation sites (tertiary alicyclic amines) is 1. The van der Waals surface area contributed by atoms with E-state index in [1.165, 1.54) is 29.8 Å². The number of hydrogen-bond acceptors (Lipinski definition) is 5. The molecule has 1 fully saturated rings. The minimum Gasteiger partial charge on any atom is -0.507 e. The van der Waals surface area contributed by atoms with Crippen LogP contribution >= 0.6 is 23.4 Å². The van der Waals surface area contributed by atoms with Gasteiger partial charge < -0.3 is 15.0 Å². The Hall–Kier alpha value is -3.27. The van der Waals surface area contributed by atoms with Gasteiger partial charge >= 0.3 is 6.18 Å². The van der Waals surface area contributed by atoms with Crippen molar-refractivity contribution >= 4 is 40.0 Å². The van der Waals surface area contributed by atoms with E-state index in [4.69, 9.17) is 11.6 Å². The molecular formula is C33H32ClF3N2O3S. The summed E-state index contributed by atoms with van der Waals surface area (Å²) in [6.45, 7) is 2.81. The first-order chi connectivity index (χ1) is 20.6. The summed E-state index contributed by atoms with van der Waals surface area (Å²) in [5.41, 5.74) is 0.317. The number of rotatable bonds is 10. The highest BCUT2D eigenvalue weighted by molar-refractivity contribution is 8.00. The molecular weight excluding hydrogens is 597 g/mol. The number of piperidine rings is 1. The molecule has 5 rings (SSSR count). The predicted molar refractivity (Wildman–Crippen MR) is 166 cm³/mol. The Balaban J connectivity index is 1.25. The van der Waals surface area contributed by atoms with Gasteiger partial charge in [0.1, 0.15) is 11.5 Å². The van der Waals surface area contributed by atoms with Crippen LogP contribution in [0.5, 0.6) is 5.75 Å². The van der Waals surface area contributed by atoms with E-state index in [1.807, 2.05) is 6.07 Å². The standard InChI is InChI=1S/C33H32ClF3N2O3S/c34-24-9-11-29(41)27(19-24)30-26-18-23(33(35,36)37)8-10-28(26)38-32(42)31(30)43-20-25(40)7-4-14-39-15-12-22(13-16-39)17-21-5-2-1-3-6-21/h1-3,5-6,8-11,18-19,22,41H,4,7,12-17,20H2,(H,38,42). The van der Waals surface area contributed by atoms with E-state index in [0.29, 0.717) is 18.8 Å². The second-order valence-corrected chi connectivity index (χ2v) is 12.4. The first-order valence-electron chi connectivity index (χ1n) is 14.3. The number of phenols is 1. The second-order valence-electron chi connectivity index (χ2n) is 11.0. The Morgan fingerprint density at radius 2 is 1.79 bits per heavy atom. The van der Waals surface area contributed by atoms with Crippen LogP contribution in [0.3, 0.4) is 0 Å². The van der Waals surface area contributed by atoms with Gasteiger partial charge in [-0.25, -0.2) is 0 Å². The highest BCUT2D eigenvalue weighted by Crippen LogP contribution is 2.42. The van der Waals surface area contributed by atoms with Gasteiger partial charge in [0.05, 0.1) is 16.2 Å². The van der Waals surface area contributed by atoms with Crippen molar-refractivity contribution in [3.8, 4) is 16.9 Å². The van der Waals surface area contributed by atoms with Crippen LogP contribution in [-0.4, -0.2) is 46.2 Å². The zero-order valence-corrected chi connectivity index (χ0v) is 25.0. The number of Topliss-reactive ketones (excluding diaryl/α,β-unsaturated/α-hetero) is 1. The molecule has 1 aromatic heterocycles. The molecule has 5 nitrogen and oxygen atoms in total. The van der Waals surface area contributed by atoms with Gasteiger partial charge in [-0.15, -0.1) is 11.8 Å². The van der Waals surface area contributed by atoms with Gasteiger partial charge in [0, 0.05) is 33.5 Å². The molecule has 226 valence electrons. The van der Waals surface area contributed by atoms with Crippen molar-refractivity contribution in [2.24, 2.45) is 5.92 Å². The number of pyridine rings is 1. The fourth-order valence-corrected chi connectivity index (χ4v) is 6.82. The lowest BCUT2D eigenvalue weighted by atomic mass is 9.90. The highest BCUT2D eigenvalue weighted by Gasteiger charge is 2.31. The van der Waals surface area contributed by atoms with Crippen molar-refractivity contribution < 1.29 is 23.1 Å². The third-order valence-electron chi connectivity index (χ3n) is 7.91. The van der Waals surface area contributed by atoms with E-state index in [-0.39, 0.29) is 49.2 Å². The normalized spacial score (nSPS) is 14.8.